The van der Waals surface area contributed by atoms with Gasteiger partial charge in [0.05, 0.1) is 20.1 Å². The van der Waals surface area contributed by atoms with E-state index in [0.717, 1.165) is 5.56 Å². The Morgan fingerprint density at radius 2 is 1.69 bits per heavy atom. The number of nitrogens with zero attached hydrogens (tertiary/aromatic N) is 1. The quantitative estimate of drug-likeness (QED) is 0.522. The molecule has 0 N–H and O–H groups in total. The van der Waals surface area contributed by atoms with Crippen LogP contribution in [0, 0.1) is 0 Å². The molecule has 0 radical (unpaired) electrons. The van der Waals surface area contributed by atoms with Gasteiger partial charge in [0.15, 0.2) is 11.8 Å². The molecule has 0 saturated heterocycles. The number of carbonyl (C=O) groups excluding carboxylic acids is 3. The fourth-order valence-electron chi connectivity index (χ4n) is 2.63. The first-order valence-corrected chi connectivity index (χ1v) is 8.72. The maximum Gasteiger partial charge on any atom is 0.336 e. The number of benzene rings is 1. The molecule has 1 unspecified atom stereocenters. The first-order valence-electron chi connectivity index (χ1n) is 8.72. The Kier molecular flexibility index (Phi) is 7.80. The Morgan fingerprint density at radius 3 is 2.12 bits per heavy atom. The minimum absolute atomic E-state index is 0.0172. The van der Waals surface area contributed by atoms with Crippen LogP contribution in [-0.2, 0) is 29.3 Å². The summed E-state index contributed by atoms with van der Waals surface area (Å²) >= 11 is 0. The van der Waals surface area contributed by atoms with Gasteiger partial charge in [0, 0.05) is 12.2 Å². The van der Waals surface area contributed by atoms with Crippen molar-refractivity contribution in [2.24, 2.45) is 0 Å². The summed E-state index contributed by atoms with van der Waals surface area (Å²) in [5.41, 5.74) is 1.79. The number of anilines is 1. The average Bonchev–Trinajstić information content (AvgIpc) is 2.57. The Bertz CT molecular complexity index is 631. The van der Waals surface area contributed by atoms with E-state index < -0.39 is 12.0 Å². The number of methoxy groups -OCH3 is 1. The van der Waals surface area contributed by atoms with Crippen molar-refractivity contribution < 1.29 is 23.9 Å². The average molecular weight is 363 g/mol. The van der Waals surface area contributed by atoms with E-state index in [0.29, 0.717) is 5.69 Å². The molecule has 0 fully saturated rings. The van der Waals surface area contributed by atoms with Crippen LogP contribution < -0.4 is 4.90 Å². The van der Waals surface area contributed by atoms with Crippen LogP contribution in [0.4, 0.5) is 5.69 Å². The van der Waals surface area contributed by atoms with Crippen molar-refractivity contribution in [2.75, 3.05) is 25.2 Å². The first-order chi connectivity index (χ1) is 12.1. The van der Waals surface area contributed by atoms with Crippen molar-refractivity contribution in [3.8, 4) is 0 Å². The van der Waals surface area contributed by atoms with Crippen molar-refractivity contribution in [1.29, 1.82) is 0 Å². The van der Waals surface area contributed by atoms with Gasteiger partial charge in [0.2, 0.25) is 0 Å². The van der Waals surface area contributed by atoms with Crippen LogP contribution in [0.1, 0.15) is 46.6 Å². The highest BCUT2D eigenvalue weighted by molar-refractivity contribution is 6.05. The summed E-state index contributed by atoms with van der Waals surface area (Å²) in [4.78, 5) is 37.6. The molecule has 0 spiro atoms. The number of Topliss-reactive ketones (excluding diaryl/α,β-unsaturated/α-hetero) is 1. The monoisotopic (exact) mass is 363 g/mol. The van der Waals surface area contributed by atoms with Gasteiger partial charge in [-0.2, -0.15) is 0 Å². The van der Waals surface area contributed by atoms with Gasteiger partial charge in [-0.3, -0.25) is 9.59 Å². The third kappa shape index (κ3) is 5.86. The molecule has 1 atom stereocenters. The summed E-state index contributed by atoms with van der Waals surface area (Å²) in [5, 5.41) is 0. The van der Waals surface area contributed by atoms with Crippen molar-refractivity contribution in [1.82, 2.24) is 0 Å². The number of esters is 2. The third-order valence-corrected chi connectivity index (χ3v) is 4.05. The van der Waals surface area contributed by atoms with E-state index in [9.17, 15) is 14.4 Å². The number of hydrogen-bond acceptors (Lipinski definition) is 6. The molecule has 0 saturated carbocycles. The lowest BCUT2D eigenvalue weighted by Gasteiger charge is -2.30. The SMILES string of the molecule is CCOC(=O)CCN(c1ccc(C(C)(C)C)cc1)C(C(C)=O)C(=O)OC. The Morgan fingerprint density at radius 1 is 1.12 bits per heavy atom. The predicted molar refractivity (Wildman–Crippen MR) is 100 cm³/mol. The van der Waals surface area contributed by atoms with E-state index in [-0.39, 0.29) is 36.7 Å². The minimum atomic E-state index is -1.10. The van der Waals surface area contributed by atoms with Crippen molar-refractivity contribution in [2.45, 2.75) is 52.5 Å². The third-order valence-electron chi connectivity index (χ3n) is 4.05. The maximum atomic E-state index is 12.2. The molecule has 0 bridgehead atoms. The highest BCUT2D eigenvalue weighted by atomic mass is 16.5. The number of ether oxygens (including phenoxy) is 2. The summed E-state index contributed by atoms with van der Waals surface area (Å²) in [6, 6.07) is 6.52. The van der Waals surface area contributed by atoms with Crippen molar-refractivity contribution in [3.63, 3.8) is 0 Å². The zero-order chi connectivity index (χ0) is 19.9. The molecule has 0 heterocycles. The van der Waals surface area contributed by atoms with E-state index in [1.165, 1.54) is 14.0 Å². The molecule has 1 aromatic rings. The predicted octanol–water partition coefficient (Wildman–Crippen LogP) is 2.87. The molecule has 0 aliphatic carbocycles. The second-order valence-electron chi connectivity index (χ2n) is 7.08. The molecule has 144 valence electrons. The van der Waals surface area contributed by atoms with Crippen LogP contribution in [-0.4, -0.2) is 44.0 Å². The molecule has 1 rings (SSSR count). The number of rotatable bonds is 8. The lowest BCUT2D eigenvalue weighted by Crippen LogP contribution is -2.47. The van der Waals surface area contributed by atoms with Crippen LogP contribution in [0.3, 0.4) is 0 Å². The molecule has 0 aromatic heterocycles. The van der Waals surface area contributed by atoms with Gasteiger partial charge in [0.25, 0.3) is 0 Å². The van der Waals surface area contributed by atoms with Crippen LogP contribution in [0.2, 0.25) is 0 Å². The molecular formula is C20H29NO5. The molecule has 1 aromatic carbocycles. The van der Waals surface area contributed by atoms with Crippen LogP contribution >= 0.6 is 0 Å². The zero-order valence-corrected chi connectivity index (χ0v) is 16.5. The maximum absolute atomic E-state index is 12.2. The lowest BCUT2D eigenvalue weighted by atomic mass is 9.87. The Hall–Kier alpha value is -2.37. The summed E-state index contributed by atoms with van der Waals surface area (Å²) in [5.74, 6) is -1.38. The fraction of sp³-hybridized carbons (Fsp3) is 0.550. The first kappa shape index (κ1) is 21.7. The number of carbonyl (C=O) groups is 3. The van der Waals surface area contributed by atoms with Gasteiger partial charge < -0.3 is 14.4 Å². The van der Waals surface area contributed by atoms with Crippen molar-refractivity contribution in [3.05, 3.63) is 29.8 Å². The largest absolute Gasteiger partial charge is 0.467 e. The summed E-state index contributed by atoms with van der Waals surface area (Å²) in [6.07, 6.45) is 0.0651. The summed E-state index contributed by atoms with van der Waals surface area (Å²) in [6.45, 7) is 9.84. The minimum Gasteiger partial charge on any atom is -0.467 e. The van der Waals surface area contributed by atoms with E-state index >= 15 is 0 Å². The van der Waals surface area contributed by atoms with E-state index in [4.69, 9.17) is 9.47 Å². The highest BCUT2D eigenvalue weighted by Crippen LogP contribution is 2.26. The van der Waals surface area contributed by atoms with E-state index in [1.807, 2.05) is 24.3 Å². The highest BCUT2D eigenvalue weighted by Gasteiger charge is 2.32. The topological polar surface area (TPSA) is 72.9 Å². The molecular weight excluding hydrogens is 334 g/mol. The standard InChI is InChI=1S/C20H29NO5/c1-7-26-17(23)12-13-21(18(14(2)22)19(24)25-6)16-10-8-15(9-11-16)20(3,4)5/h8-11,18H,7,12-13H2,1-6H3. The van der Waals surface area contributed by atoms with Gasteiger partial charge in [-0.25, -0.2) is 4.79 Å². The Labute approximate surface area is 155 Å². The summed E-state index contributed by atoms with van der Waals surface area (Å²) < 4.78 is 9.74. The number of hydrogen-bond donors (Lipinski definition) is 0. The molecule has 6 nitrogen and oxygen atoms in total. The van der Waals surface area contributed by atoms with E-state index in [1.54, 1.807) is 11.8 Å². The number of ketones is 1. The van der Waals surface area contributed by atoms with Crippen LogP contribution in [0.5, 0.6) is 0 Å². The van der Waals surface area contributed by atoms with Gasteiger partial charge in [-0.1, -0.05) is 32.9 Å². The fourth-order valence-corrected chi connectivity index (χ4v) is 2.63. The molecule has 26 heavy (non-hydrogen) atoms. The zero-order valence-electron chi connectivity index (χ0n) is 16.5. The normalized spacial score (nSPS) is 12.2. The molecule has 0 amide bonds. The molecule has 0 aliphatic heterocycles. The van der Waals surface area contributed by atoms with Crippen molar-refractivity contribution >= 4 is 23.4 Å². The smallest absolute Gasteiger partial charge is 0.336 e. The van der Waals surface area contributed by atoms with Gasteiger partial charge >= 0.3 is 11.9 Å². The van der Waals surface area contributed by atoms with Crippen LogP contribution in [0.25, 0.3) is 0 Å². The lowest BCUT2D eigenvalue weighted by molar-refractivity contribution is -0.146. The molecule has 6 heteroatoms. The van der Waals surface area contributed by atoms with E-state index in [2.05, 4.69) is 20.8 Å². The van der Waals surface area contributed by atoms with Crippen LogP contribution in [0.15, 0.2) is 24.3 Å². The second-order valence-corrected chi connectivity index (χ2v) is 7.08. The van der Waals surface area contributed by atoms with Gasteiger partial charge in [0.1, 0.15) is 0 Å². The van der Waals surface area contributed by atoms with Gasteiger partial charge in [-0.15, -0.1) is 0 Å². The Balaban J connectivity index is 3.19. The van der Waals surface area contributed by atoms with Gasteiger partial charge in [-0.05, 0) is 37.0 Å². The second kappa shape index (κ2) is 9.36. The summed E-state index contributed by atoms with van der Waals surface area (Å²) in [7, 11) is 1.24. The molecule has 0 aliphatic rings.